The second-order valence-corrected chi connectivity index (χ2v) is 2.24. The second-order valence-electron chi connectivity index (χ2n) is 2.24. The second kappa shape index (κ2) is 7.50. The number of hydrogen-bond donors (Lipinski definition) is 3. The van der Waals surface area contributed by atoms with Crippen LogP contribution in [0.15, 0.2) is 0 Å². The Morgan fingerprint density at radius 1 is 1.45 bits per heavy atom. The smallest absolute Gasteiger partial charge is 0.221 e. The van der Waals surface area contributed by atoms with Gasteiger partial charge in [-0.1, -0.05) is 6.92 Å². The van der Waals surface area contributed by atoms with Gasteiger partial charge in [0.1, 0.15) is 0 Å². The Labute approximate surface area is 67.5 Å². The van der Waals surface area contributed by atoms with Gasteiger partial charge in [-0.25, -0.2) is 0 Å². The first kappa shape index (κ1) is 10.4. The molecule has 0 saturated carbocycles. The molecule has 0 unspecified atom stereocenters. The van der Waals surface area contributed by atoms with Crippen LogP contribution in [-0.2, 0) is 4.79 Å². The number of nitrogens with two attached hydrogens (primary N) is 1. The van der Waals surface area contributed by atoms with Crippen LogP contribution in [0.5, 0.6) is 0 Å². The minimum absolute atomic E-state index is 0.0661. The number of hydrogen-bond acceptors (Lipinski definition) is 3. The first-order valence-corrected chi connectivity index (χ1v) is 3.98. The van der Waals surface area contributed by atoms with Crippen molar-refractivity contribution in [3.63, 3.8) is 0 Å². The lowest BCUT2D eigenvalue weighted by Gasteiger charge is -2.02. The van der Waals surface area contributed by atoms with E-state index in [4.69, 9.17) is 5.73 Å². The van der Waals surface area contributed by atoms with Gasteiger partial charge in [0.2, 0.25) is 5.91 Å². The number of nitrogens with one attached hydrogen (secondary N) is 2. The molecule has 0 aliphatic carbocycles. The van der Waals surface area contributed by atoms with E-state index in [9.17, 15) is 4.79 Å². The molecule has 0 aromatic rings. The van der Waals surface area contributed by atoms with Gasteiger partial charge in [-0.2, -0.15) is 0 Å². The standard InChI is InChI=1S/C7H17N3O/c1-2-9-5-3-7(11)10-6-4-8/h9H,2-6,8H2,1H3,(H,10,11). The zero-order valence-corrected chi connectivity index (χ0v) is 7.02. The lowest BCUT2D eigenvalue weighted by molar-refractivity contribution is -0.120. The van der Waals surface area contributed by atoms with E-state index in [1.54, 1.807) is 0 Å². The molecule has 0 aromatic heterocycles. The summed E-state index contributed by atoms with van der Waals surface area (Å²) in [4.78, 5) is 10.9. The monoisotopic (exact) mass is 159 g/mol. The summed E-state index contributed by atoms with van der Waals surface area (Å²) in [5.74, 6) is 0.0661. The molecule has 0 aromatic carbocycles. The molecule has 4 N–H and O–H groups in total. The van der Waals surface area contributed by atoms with E-state index in [2.05, 4.69) is 10.6 Å². The fourth-order valence-electron chi connectivity index (χ4n) is 0.679. The minimum atomic E-state index is 0.0661. The van der Waals surface area contributed by atoms with Crippen LogP contribution in [0.2, 0.25) is 0 Å². The van der Waals surface area contributed by atoms with Gasteiger partial charge in [0, 0.05) is 26.1 Å². The third-order valence-electron chi connectivity index (χ3n) is 1.25. The van der Waals surface area contributed by atoms with E-state index in [1.165, 1.54) is 0 Å². The van der Waals surface area contributed by atoms with Crippen LogP contribution in [-0.4, -0.2) is 32.1 Å². The highest BCUT2D eigenvalue weighted by molar-refractivity contribution is 5.75. The number of rotatable bonds is 6. The lowest BCUT2D eigenvalue weighted by Crippen LogP contribution is -2.31. The van der Waals surface area contributed by atoms with Crippen LogP contribution in [0.1, 0.15) is 13.3 Å². The Balaban J connectivity index is 3.09. The first-order valence-electron chi connectivity index (χ1n) is 3.98. The average molecular weight is 159 g/mol. The van der Waals surface area contributed by atoms with Crippen molar-refractivity contribution in [2.45, 2.75) is 13.3 Å². The molecule has 0 aliphatic rings. The quantitative estimate of drug-likeness (QED) is 0.438. The van der Waals surface area contributed by atoms with Crippen LogP contribution >= 0.6 is 0 Å². The average Bonchev–Trinajstić information content (AvgIpc) is 2.01. The summed E-state index contributed by atoms with van der Waals surface area (Å²) in [6, 6.07) is 0. The van der Waals surface area contributed by atoms with Crippen molar-refractivity contribution in [1.29, 1.82) is 0 Å². The normalized spacial score (nSPS) is 9.64. The highest BCUT2D eigenvalue weighted by Gasteiger charge is 1.96. The van der Waals surface area contributed by atoms with Gasteiger partial charge in [-0.15, -0.1) is 0 Å². The molecule has 66 valence electrons. The first-order chi connectivity index (χ1) is 5.31. The minimum Gasteiger partial charge on any atom is -0.355 e. The summed E-state index contributed by atoms with van der Waals surface area (Å²) in [5, 5.41) is 5.75. The summed E-state index contributed by atoms with van der Waals surface area (Å²) < 4.78 is 0. The molecule has 4 heteroatoms. The molecule has 0 atom stereocenters. The molecule has 0 radical (unpaired) electrons. The largest absolute Gasteiger partial charge is 0.355 e. The molecule has 4 nitrogen and oxygen atoms in total. The molecule has 11 heavy (non-hydrogen) atoms. The van der Waals surface area contributed by atoms with Gasteiger partial charge in [-0.05, 0) is 6.54 Å². The van der Waals surface area contributed by atoms with Crippen LogP contribution in [0, 0.1) is 0 Å². The van der Waals surface area contributed by atoms with Crippen molar-refractivity contribution >= 4 is 5.91 Å². The SMILES string of the molecule is CCNCCC(=O)NCCN. The maximum atomic E-state index is 10.9. The Kier molecular flexibility index (Phi) is 7.08. The molecule has 0 bridgehead atoms. The molecule has 0 heterocycles. The van der Waals surface area contributed by atoms with E-state index < -0.39 is 0 Å². The summed E-state index contributed by atoms with van der Waals surface area (Å²) >= 11 is 0. The van der Waals surface area contributed by atoms with Gasteiger partial charge in [0.15, 0.2) is 0 Å². The van der Waals surface area contributed by atoms with Crippen molar-refractivity contribution < 1.29 is 4.79 Å². The third kappa shape index (κ3) is 7.29. The van der Waals surface area contributed by atoms with Crippen molar-refractivity contribution in [1.82, 2.24) is 10.6 Å². The summed E-state index contributed by atoms with van der Waals surface area (Å²) in [6.07, 6.45) is 0.536. The van der Waals surface area contributed by atoms with E-state index in [1.807, 2.05) is 6.92 Å². The van der Waals surface area contributed by atoms with Crippen LogP contribution in [0.3, 0.4) is 0 Å². The predicted octanol–water partition coefficient (Wildman–Crippen LogP) is -0.939. The number of carbonyl (C=O) groups excluding carboxylic acids is 1. The van der Waals surface area contributed by atoms with Gasteiger partial charge >= 0.3 is 0 Å². The zero-order valence-electron chi connectivity index (χ0n) is 7.02. The summed E-state index contributed by atoms with van der Waals surface area (Å²) in [7, 11) is 0. The molecular formula is C7H17N3O. The Hall–Kier alpha value is -0.610. The van der Waals surface area contributed by atoms with Crippen molar-refractivity contribution in [3.05, 3.63) is 0 Å². The Morgan fingerprint density at radius 3 is 2.73 bits per heavy atom. The third-order valence-corrected chi connectivity index (χ3v) is 1.25. The lowest BCUT2D eigenvalue weighted by atomic mass is 10.4. The van der Waals surface area contributed by atoms with Gasteiger partial charge in [0.05, 0.1) is 0 Å². The van der Waals surface area contributed by atoms with Gasteiger partial charge in [0.25, 0.3) is 0 Å². The molecule has 0 rings (SSSR count). The number of carbonyl (C=O) groups is 1. The van der Waals surface area contributed by atoms with Gasteiger partial charge < -0.3 is 16.4 Å². The Bertz CT molecular complexity index is 106. The Morgan fingerprint density at radius 2 is 2.18 bits per heavy atom. The van der Waals surface area contributed by atoms with Crippen molar-refractivity contribution in [3.8, 4) is 0 Å². The number of amides is 1. The van der Waals surface area contributed by atoms with E-state index in [-0.39, 0.29) is 5.91 Å². The van der Waals surface area contributed by atoms with E-state index in [0.29, 0.717) is 19.5 Å². The molecule has 1 amide bonds. The maximum absolute atomic E-state index is 10.9. The summed E-state index contributed by atoms with van der Waals surface area (Å²) in [6.45, 7) is 4.74. The topological polar surface area (TPSA) is 67.2 Å². The van der Waals surface area contributed by atoms with Crippen LogP contribution < -0.4 is 16.4 Å². The van der Waals surface area contributed by atoms with Crippen molar-refractivity contribution in [2.75, 3.05) is 26.2 Å². The zero-order chi connectivity index (χ0) is 8.53. The fraction of sp³-hybridized carbons (Fsp3) is 0.857. The molecule has 0 aliphatic heterocycles. The van der Waals surface area contributed by atoms with Crippen LogP contribution in [0.25, 0.3) is 0 Å². The predicted molar refractivity (Wildman–Crippen MR) is 45.2 cm³/mol. The van der Waals surface area contributed by atoms with E-state index >= 15 is 0 Å². The highest BCUT2D eigenvalue weighted by atomic mass is 16.1. The molecule has 0 spiro atoms. The van der Waals surface area contributed by atoms with Crippen LogP contribution in [0.4, 0.5) is 0 Å². The van der Waals surface area contributed by atoms with E-state index in [0.717, 1.165) is 13.1 Å². The highest BCUT2D eigenvalue weighted by Crippen LogP contribution is 1.75. The molecular weight excluding hydrogens is 142 g/mol. The summed E-state index contributed by atoms with van der Waals surface area (Å²) in [5.41, 5.74) is 5.20. The fourth-order valence-corrected chi connectivity index (χ4v) is 0.679. The van der Waals surface area contributed by atoms with Crippen molar-refractivity contribution in [2.24, 2.45) is 5.73 Å². The molecule has 0 fully saturated rings. The van der Waals surface area contributed by atoms with Gasteiger partial charge in [-0.3, -0.25) is 4.79 Å². The maximum Gasteiger partial charge on any atom is 0.221 e. The molecule has 0 saturated heterocycles.